The lowest BCUT2D eigenvalue weighted by molar-refractivity contribution is 0.0396. The number of aryl methyl sites for hydroxylation is 2. The van der Waals surface area contributed by atoms with Crippen molar-refractivity contribution in [2.24, 2.45) is 0 Å². The minimum absolute atomic E-state index is 0.181. The lowest BCUT2D eigenvalue weighted by Crippen LogP contribution is -2.15. The Morgan fingerprint density at radius 3 is 2.18 bits per heavy atom. The number of ether oxygens (including phenoxy) is 1. The van der Waals surface area contributed by atoms with E-state index in [-0.39, 0.29) is 5.92 Å². The zero-order valence-corrected chi connectivity index (χ0v) is 13.3. The van der Waals surface area contributed by atoms with Crippen LogP contribution >= 0.6 is 0 Å². The SMILES string of the molecule is Cc1ccc(C(=O)OC(=O)c2ccccc2C(C)C)c(C)c1. The van der Waals surface area contributed by atoms with Crippen molar-refractivity contribution < 1.29 is 14.3 Å². The molecule has 0 aliphatic heterocycles. The third-order valence-electron chi connectivity index (χ3n) is 3.59. The molecule has 3 nitrogen and oxygen atoms in total. The fourth-order valence-electron chi connectivity index (χ4n) is 2.42. The summed E-state index contributed by atoms with van der Waals surface area (Å²) in [6.07, 6.45) is 0. The second-order valence-electron chi connectivity index (χ2n) is 5.74. The van der Waals surface area contributed by atoms with Crippen LogP contribution in [0.2, 0.25) is 0 Å². The van der Waals surface area contributed by atoms with E-state index in [1.54, 1.807) is 18.2 Å². The van der Waals surface area contributed by atoms with Crippen molar-refractivity contribution in [3.05, 3.63) is 70.3 Å². The molecule has 0 amide bonds. The van der Waals surface area contributed by atoms with Gasteiger partial charge in [0, 0.05) is 0 Å². The van der Waals surface area contributed by atoms with Gasteiger partial charge in [-0.05, 0) is 43.0 Å². The Morgan fingerprint density at radius 2 is 1.55 bits per heavy atom. The molecule has 0 aliphatic carbocycles. The van der Waals surface area contributed by atoms with Gasteiger partial charge >= 0.3 is 11.9 Å². The maximum atomic E-state index is 12.3. The van der Waals surface area contributed by atoms with Crippen molar-refractivity contribution >= 4 is 11.9 Å². The Balaban J connectivity index is 2.24. The van der Waals surface area contributed by atoms with Crippen LogP contribution in [0.1, 0.15) is 57.2 Å². The predicted molar refractivity (Wildman–Crippen MR) is 86.2 cm³/mol. The highest BCUT2D eigenvalue weighted by atomic mass is 16.6. The van der Waals surface area contributed by atoms with E-state index in [2.05, 4.69) is 0 Å². The van der Waals surface area contributed by atoms with Crippen molar-refractivity contribution in [2.45, 2.75) is 33.6 Å². The largest absolute Gasteiger partial charge is 0.386 e. The van der Waals surface area contributed by atoms with Crippen LogP contribution in [-0.2, 0) is 4.74 Å². The first-order valence-corrected chi connectivity index (χ1v) is 7.33. The molecule has 0 N–H and O–H groups in total. The van der Waals surface area contributed by atoms with Crippen molar-refractivity contribution in [2.75, 3.05) is 0 Å². The van der Waals surface area contributed by atoms with Crippen molar-refractivity contribution in [3.8, 4) is 0 Å². The summed E-state index contributed by atoms with van der Waals surface area (Å²) in [4.78, 5) is 24.5. The number of carbonyl (C=O) groups is 2. The molecule has 2 rings (SSSR count). The third-order valence-corrected chi connectivity index (χ3v) is 3.59. The molecule has 0 fully saturated rings. The quantitative estimate of drug-likeness (QED) is 0.622. The molecule has 0 radical (unpaired) electrons. The summed E-state index contributed by atoms with van der Waals surface area (Å²) in [5.41, 5.74) is 3.60. The Hall–Kier alpha value is -2.42. The molecule has 2 aromatic rings. The summed E-state index contributed by atoms with van der Waals surface area (Å²) in [5, 5.41) is 0. The highest BCUT2D eigenvalue weighted by molar-refractivity contribution is 6.03. The molecular weight excluding hydrogens is 276 g/mol. The lowest BCUT2D eigenvalue weighted by Gasteiger charge is -2.12. The summed E-state index contributed by atoms with van der Waals surface area (Å²) in [5.74, 6) is -1.03. The first-order valence-electron chi connectivity index (χ1n) is 7.33. The molecule has 114 valence electrons. The minimum atomic E-state index is -0.610. The van der Waals surface area contributed by atoms with Crippen LogP contribution in [0.25, 0.3) is 0 Å². The molecule has 2 aromatic carbocycles. The fraction of sp³-hybridized carbons (Fsp3) is 0.263. The van der Waals surface area contributed by atoms with Crippen LogP contribution in [0, 0.1) is 13.8 Å². The smallest absolute Gasteiger partial charge is 0.346 e. The number of hydrogen-bond acceptors (Lipinski definition) is 3. The number of benzene rings is 2. The molecule has 22 heavy (non-hydrogen) atoms. The maximum Gasteiger partial charge on any atom is 0.346 e. The van der Waals surface area contributed by atoms with Gasteiger partial charge in [-0.1, -0.05) is 49.7 Å². The van der Waals surface area contributed by atoms with Crippen LogP contribution < -0.4 is 0 Å². The average molecular weight is 296 g/mol. The van der Waals surface area contributed by atoms with Gasteiger partial charge in [0.05, 0.1) is 11.1 Å². The molecule has 0 saturated carbocycles. The van der Waals surface area contributed by atoms with Crippen molar-refractivity contribution in [3.63, 3.8) is 0 Å². The number of carbonyl (C=O) groups excluding carboxylic acids is 2. The highest BCUT2D eigenvalue weighted by Gasteiger charge is 2.19. The Bertz CT molecular complexity index is 714. The molecular formula is C19H20O3. The topological polar surface area (TPSA) is 43.4 Å². The van der Waals surface area contributed by atoms with Gasteiger partial charge in [-0.2, -0.15) is 0 Å². The molecule has 0 spiro atoms. The molecule has 0 heterocycles. The zero-order valence-electron chi connectivity index (χ0n) is 13.3. The number of hydrogen-bond donors (Lipinski definition) is 0. The predicted octanol–water partition coefficient (Wildman–Crippen LogP) is 4.42. The van der Waals surface area contributed by atoms with Gasteiger partial charge in [-0.3, -0.25) is 0 Å². The third kappa shape index (κ3) is 3.42. The zero-order chi connectivity index (χ0) is 16.3. The van der Waals surface area contributed by atoms with Gasteiger partial charge in [0.15, 0.2) is 0 Å². The van der Waals surface area contributed by atoms with E-state index < -0.39 is 11.9 Å². The van der Waals surface area contributed by atoms with Crippen LogP contribution in [0.15, 0.2) is 42.5 Å². The molecule has 0 aliphatic rings. The summed E-state index contributed by atoms with van der Waals surface area (Å²) in [6, 6.07) is 12.6. The number of rotatable bonds is 3. The van der Waals surface area contributed by atoms with Gasteiger partial charge in [0.2, 0.25) is 0 Å². The van der Waals surface area contributed by atoms with E-state index in [9.17, 15) is 9.59 Å². The second-order valence-corrected chi connectivity index (χ2v) is 5.74. The molecule has 0 aromatic heterocycles. The van der Waals surface area contributed by atoms with Crippen LogP contribution in [-0.4, -0.2) is 11.9 Å². The van der Waals surface area contributed by atoms with E-state index in [0.29, 0.717) is 11.1 Å². The Labute approximate surface area is 130 Å². The summed E-state index contributed by atoms with van der Waals surface area (Å²) >= 11 is 0. The molecule has 3 heteroatoms. The van der Waals surface area contributed by atoms with Crippen molar-refractivity contribution in [1.29, 1.82) is 0 Å². The highest BCUT2D eigenvalue weighted by Crippen LogP contribution is 2.21. The number of esters is 2. The lowest BCUT2D eigenvalue weighted by atomic mass is 9.97. The van der Waals surface area contributed by atoms with E-state index in [1.807, 2.05) is 52.0 Å². The van der Waals surface area contributed by atoms with Gasteiger partial charge in [0.1, 0.15) is 0 Å². The average Bonchev–Trinajstić information content (AvgIpc) is 2.46. The monoisotopic (exact) mass is 296 g/mol. The van der Waals surface area contributed by atoms with Gasteiger partial charge in [-0.15, -0.1) is 0 Å². The van der Waals surface area contributed by atoms with Crippen LogP contribution in [0.4, 0.5) is 0 Å². The molecule has 0 saturated heterocycles. The van der Waals surface area contributed by atoms with E-state index >= 15 is 0 Å². The van der Waals surface area contributed by atoms with Gasteiger partial charge in [0.25, 0.3) is 0 Å². The van der Waals surface area contributed by atoms with E-state index in [0.717, 1.165) is 16.7 Å². The van der Waals surface area contributed by atoms with Crippen LogP contribution in [0.3, 0.4) is 0 Å². The maximum absolute atomic E-state index is 12.3. The summed E-state index contributed by atoms with van der Waals surface area (Å²) < 4.78 is 5.06. The van der Waals surface area contributed by atoms with E-state index in [1.165, 1.54) is 0 Å². The Morgan fingerprint density at radius 1 is 0.909 bits per heavy atom. The van der Waals surface area contributed by atoms with E-state index in [4.69, 9.17) is 4.74 Å². The first-order chi connectivity index (χ1) is 10.4. The van der Waals surface area contributed by atoms with Gasteiger partial charge in [-0.25, -0.2) is 9.59 Å². The molecule has 0 bridgehead atoms. The normalized spacial score (nSPS) is 10.6. The molecule has 0 atom stereocenters. The summed E-state index contributed by atoms with van der Waals surface area (Å²) in [7, 11) is 0. The second kappa shape index (κ2) is 6.56. The van der Waals surface area contributed by atoms with Gasteiger partial charge < -0.3 is 4.74 Å². The molecule has 0 unspecified atom stereocenters. The van der Waals surface area contributed by atoms with Crippen molar-refractivity contribution in [1.82, 2.24) is 0 Å². The van der Waals surface area contributed by atoms with Crippen LogP contribution in [0.5, 0.6) is 0 Å². The minimum Gasteiger partial charge on any atom is -0.386 e. The fourth-order valence-corrected chi connectivity index (χ4v) is 2.42. The summed E-state index contributed by atoms with van der Waals surface area (Å²) in [6.45, 7) is 7.78. The first kappa shape index (κ1) is 16.0. The standard InChI is InChI=1S/C19H20O3/c1-12(2)15-7-5-6-8-17(15)19(21)22-18(20)16-10-9-13(3)11-14(16)4/h5-12H,1-4H3. The Kier molecular flexibility index (Phi) is 4.76.